The zero-order valence-electron chi connectivity index (χ0n) is 10.6. The third kappa shape index (κ3) is 4.59. The predicted molar refractivity (Wildman–Crippen MR) is 67.3 cm³/mol. The second kappa shape index (κ2) is 6.83. The van der Waals surface area contributed by atoms with Gasteiger partial charge in [0.1, 0.15) is 5.82 Å². The number of amides is 1. The number of halogens is 4. The van der Waals surface area contributed by atoms with Gasteiger partial charge in [-0.05, 0) is 18.2 Å². The van der Waals surface area contributed by atoms with E-state index in [0.717, 1.165) is 6.07 Å². The number of carbonyl (C=O) groups excluding carboxylic acids is 1. The first-order chi connectivity index (χ1) is 9.25. The van der Waals surface area contributed by atoms with Gasteiger partial charge in [-0.15, -0.1) is 0 Å². The Hall–Kier alpha value is -1.44. The van der Waals surface area contributed by atoms with Crippen molar-refractivity contribution < 1.29 is 26.6 Å². The molecule has 0 aliphatic carbocycles. The van der Waals surface area contributed by atoms with E-state index in [4.69, 9.17) is 0 Å². The average molecular weight is 311 g/mol. The molecule has 0 aliphatic heterocycles. The van der Waals surface area contributed by atoms with E-state index in [1.807, 2.05) is 0 Å². The molecule has 0 saturated carbocycles. The fourth-order valence-electron chi connectivity index (χ4n) is 1.41. The van der Waals surface area contributed by atoms with E-state index in [1.54, 1.807) is 6.92 Å². The first kappa shape index (κ1) is 16.6. The lowest BCUT2D eigenvalue weighted by Crippen LogP contribution is -2.28. The minimum Gasteiger partial charge on any atom is -0.351 e. The van der Waals surface area contributed by atoms with Crippen molar-refractivity contribution in [1.82, 2.24) is 5.32 Å². The summed E-state index contributed by atoms with van der Waals surface area (Å²) in [5, 5.41) is 2.34. The van der Waals surface area contributed by atoms with Crippen LogP contribution < -0.4 is 5.32 Å². The van der Waals surface area contributed by atoms with Crippen LogP contribution in [0, 0.1) is 5.82 Å². The molecule has 8 heteroatoms. The third-order valence-corrected chi connectivity index (χ3v) is 3.77. The van der Waals surface area contributed by atoms with Gasteiger partial charge in [-0.1, -0.05) is 6.92 Å². The summed E-state index contributed by atoms with van der Waals surface area (Å²) in [5.41, 5.74) is -1.77. The fourth-order valence-corrected chi connectivity index (χ4v) is 2.03. The molecule has 0 radical (unpaired) electrons. The SMILES string of the molecule is CCS(=O)CCNC(=O)c1ccc(F)c(C(F)(F)F)c1. The molecule has 0 aliphatic rings. The van der Waals surface area contributed by atoms with Gasteiger partial charge in [0.25, 0.3) is 5.91 Å². The zero-order valence-corrected chi connectivity index (χ0v) is 11.4. The number of hydrogen-bond donors (Lipinski definition) is 1. The minimum atomic E-state index is -4.86. The van der Waals surface area contributed by atoms with Gasteiger partial charge >= 0.3 is 6.18 Å². The Morgan fingerprint density at radius 1 is 1.35 bits per heavy atom. The van der Waals surface area contributed by atoms with E-state index in [0.29, 0.717) is 17.9 Å². The molecule has 3 nitrogen and oxygen atoms in total. The van der Waals surface area contributed by atoms with Gasteiger partial charge in [0, 0.05) is 34.4 Å². The molecule has 1 aromatic rings. The van der Waals surface area contributed by atoms with Crippen LogP contribution in [0.3, 0.4) is 0 Å². The standard InChI is InChI=1S/C12H13F4NO2S/c1-2-20(19)6-5-17-11(18)8-3-4-10(13)9(7-8)12(14,15)16/h3-4,7H,2,5-6H2,1H3,(H,17,18). The third-order valence-electron chi connectivity index (χ3n) is 2.47. The Kier molecular flexibility index (Phi) is 5.67. The Morgan fingerprint density at radius 3 is 2.55 bits per heavy atom. The summed E-state index contributed by atoms with van der Waals surface area (Å²) >= 11 is 0. The topological polar surface area (TPSA) is 46.2 Å². The maximum absolute atomic E-state index is 13.0. The van der Waals surface area contributed by atoms with Crippen LogP contribution in [-0.4, -0.2) is 28.2 Å². The molecule has 1 aromatic carbocycles. The van der Waals surface area contributed by atoms with Crippen molar-refractivity contribution in [2.45, 2.75) is 13.1 Å². The maximum atomic E-state index is 13.0. The van der Waals surface area contributed by atoms with Gasteiger partial charge in [0.05, 0.1) is 5.56 Å². The lowest BCUT2D eigenvalue weighted by molar-refractivity contribution is -0.140. The van der Waals surface area contributed by atoms with Crippen molar-refractivity contribution in [3.8, 4) is 0 Å². The second-order valence-electron chi connectivity index (χ2n) is 3.88. The largest absolute Gasteiger partial charge is 0.419 e. The summed E-state index contributed by atoms with van der Waals surface area (Å²) in [7, 11) is -1.08. The van der Waals surface area contributed by atoms with Crippen molar-refractivity contribution in [1.29, 1.82) is 0 Å². The van der Waals surface area contributed by atoms with Crippen LogP contribution in [0.5, 0.6) is 0 Å². The molecule has 1 amide bonds. The van der Waals surface area contributed by atoms with Crippen molar-refractivity contribution in [3.63, 3.8) is 0 Å². The highest BCUT2D eigenvalue weighted by Crippen LogP contribution is 2.31. The lowest BCUT2D eigenvalue weighted by Gasteiger charge is -2.10. The van der Waals surface area contributed by atoms with Crippen LogP contribution in [0.2, 0.25) is 0 Å². The first-order valence-corrected chi connectivity index (χ1v) is 7.24. The molecule has 1 N–H and O–H groups in total. The Bertz CT molecular complexity index is 517. The molecule has 1 rings (SSSR count). The maximum Gasteiger partial charge on any atom is 0.419 e. The Labute approximate surface area is 115 Å². The Balaban J connectivity index is 2.77. The smallest absolute Gasteiger partial charge is 0.351 e. The Morgan fingerprint density at radius 2 is 2.00 bits per heavy atom. The molecule has 1 unspecified atom stereocenters. The van der Waals surface area contributed by atoms with E-state index >= 15 is 0 Å². The predicted octanol–water partition coefficient (Wildman–Crippen LogP) is 2.34. The number of nitrogens with one attached hydrogen (secondary N) is 1. The molecular formula is C12H13F4NO2S. The van der Waals surface area contributed by atoms with Gasteiger partial charge in [0.2, 0.25) is 0 Å². The van der Waals surface area contributed by atoms with E-state index in [-0.39, 0.29) is 17.9 Å². The van der Waals surface area contributed by atoms with E-state index < -0.39 is 34.3 Å². The first-order valence-electron chi connectivity index (χ1n) is 5.75. The van der Waals surface area contributed by atoms with Crippen LogP contribution in [0.15, 0.2) is 18.2 Å². The zero-order chi connectivity index (χ0) is 15.3. The van der Waals surface area contributed by atoms with Gasteiger partial charge < -0.3 is 5.32 Å². The van der Waals surface area contributed by atoms with Crippen LogP contribution in [0.1, 0.15) is 22.8 Å². The fraction of sp³-hybridized carbons (Fsp3) is 0.417. The van der Waals surface area contributed by atoms with Gasteiger partial charge in [-0.25, -0.2) is 4.39 Å². The van der Waals surface area contributed by atoms with Crippen LogP contribution in [0.4, 0.5) is 17.6 Å². The highest BCUT2D eigenvalue weighted by atomic mass is 32.2. The van der Waals surface area contributed by atoms with Crippen molar-refractivity contribution >= 4 is 16.7 Å². The van der Waals surface area contributed by atoms with Crippen LogP contribution in [0.25, 0.3) is 0 Å². The molecular weight excluding hydrogens is 298 g/mol. The van der Waals surface area contributed by atoms with Gasteiger partial charge in [-0.3, -0.25) is 9.00 Å². The average Bonchev–Trinajstić information content (AvgIpc) is 2.37. The molecule has 0 bridgehead atoms. The molecule has 0 saturated heterocycles. The monoisotopic (exact) mass is 311 g/mol. The van der Waals surface area contributed by atoms with E-state index in [9.17, 15) is 26.6 Å². The summed E-state index contributed by atoms with van der Waals surface area (Å²) in [6.45, 7) is 1.80. The molecule has 0 spiro atoms. The van der Waals surface area contributed by atoms with Gasteiger partial charge in [-0.2, -0.15) is 13.2 Å². The van der Waals surface area contributed by atoms with Crippen molar-refractivity contribution in [3.05, 3.63) is 35.1 Å². The summed E-state index contributed by atoms with van der Waals surface area (Å²) in [6.07, 6.45) is -4.86. The molecule has 20 heavy (non-hydrogen) atoms. The normalized spacial score (nSPS) is 13.1. The summed E-state index contributed by atoms with van der Waals surface area (Å²) in [5.74, 6) is -1.54. The highest BCUT2D eigenvalue weighted by Gasteiger charge is 2.34. The number of hydrogen-bond acceptors (Lipinski definition) is 2. The van der Waals surface area contributed by atoms with Crippen molar-refractivity contribution in [2.24, 2.45) is 0 Å². The molecule has 112 valence electrons. The number of rotatable bonds is 5. The van der Waals surface area contributed by atoms with E-state index in [1.165, 1.54) is 0 Å². The highest BCUT2D eigenvalue weighted by molar-refractivity contribution is 7.84. The molecule has 1 atom stereocenters. The summed E-state index contributed by atoms with van der Waals surface area (Å²) in [4.78, 5) is 11.6. The van der Waals surface area contributed by atoms with Gasteiger partial charge in [0.15, 0.2) is 0 Å². The lowest BCUT2D eigenvalue weighted by atomic mass is 10.1. The quantitative estimate of drug-likeness (QED) is 0.849. The number of alkyl halides is 3. The van der Waals surface area contributed by atoms with Crippen LogP contribution >= 0.6 is 0 Å². The molecule has 0 fully saturated rings. The van der Waals surface area contributed by atoms with Crippen molar-refractivity contribution in [2.75, 3.05) is 18.1 Å². The molecule has 0 heterocycles. The summed E-state index contributed by atoms with van der Waals surface area (Å²) < 4.78 is 61.6. The summed E-state index contributed by atoms with van der Waals surface area (Å²) in [6, 6.07) is 2.03. The molecule has 0 aromatic heterocycles. The van der Waals surface area contributed by atoms with E-state index in [2.05, 4.69) is 5.32 Å². The minimum absolute atomic E-state index is 0.0814. The van der Waals surface area contributed by atoms with Crippen LogP contribution in [-0.2, 0) is 17.0 Å². The number of benzene rings is 1. The number of carbonyl (C=O) groups is 1. The second-order valence-corrected chi connectivity index (χ2v) is 5.75.